The van der Waals surface area contributed by atoms with Crippen molar-refractivity contribution in [2.24, 2.45) is 7.05 Å². The highest BCUT2D eigenvalue weighted by atomic mass is 35.5. The van der Waals surface area contributed by atoms with E-state index in [1.54, 1.807) is 23.1 Å². The van der Waals surface area contributed by atoms with Gasteiger partial charge in [-0.15, -0.1) is 0 Å². The Labute approximate surface area is 174 Å². The van der Waals surface area contributed by atoms with Crippen molar-refractivity contribution in [3.63, 3.8) is 0 Å². The van der Waals surface area contributed by atoms with Gasteiger partial charge in [0.2, 0.25) is 0 Å². The fraction of sp³-hybridized carbons (Fsp3) is 0.381. The summed E-state index contributed by atoms with van der Waals surface area (Å²) in [6.45, 7) is 4.85. The van der Waals surface area contributed by atoms with Crippen LogP contribution in [0.3, 0.4) is 0 Å². The summed E-state index contributed by atoms with van der Waals surface area (Å²) in [6, 6.07) is 9.03. The Kier molecular flexibility index (Phi) is 4.96. The first-order valence-corrected chi connectivity index (χ1v) is 10.00. The molecule has 1 fully saturated rings. The van der Waals surface area contributed by atoms with Crippen LogP contribution in [0.4, 0.5) is 0 Å². The van der Waals surface area contributed by atoms with Gasteiger partial charge in [0.1, 0.15) is 5.69 Å². The maximum atomic E-state index is 12.9. The zero-order valence-electron chi connectivity index (χ0n) is 16.7. The number of nitrogens with one attached hydrogen (secondary N) is 1. The molecule has 7 nitrogen and oxygen atoms in total. The lowest BCUT2D eigenvalue weighted by molar-refractivity contribution is -0.0212. The van der Waals surface area contributed by atoms with E-state index in [-0.39, 0.29) is 5.91 Å². The maximum absolute atomic E-state index is 12.9. The van der Waals surface area contributed by atoms with Crippen molar-refractivity contribution >= 4 is 17.5 Å². The summed E-state index contributed by atoms with van der Waals surface area (Å²) < 4.78 is 1.81. The first-order chi connectivity index (χ1) is 13.8. The second kappa shape index (κ2) is 7.31. The highest BCUT2D eigenvalue weighted by Crippen LogP contribution is 2.34. The molecular formula is C21H24ClN5O2. The van der Waals surface area contributed by atoms with Crippen LogP contribution in [0.15, 0.2) is 30.3 Å². The predicted molar refractivity (Wildman–Crippen MR) is 111 cm³/mol. The standard InChI is InChI=1S/C21H24ClN5O2/c1-13-19(14(2)26(3)25-13)17-12-18(24-23-17)20(28)27-10-8-21(29,9-11-27)15-4-6-16(22)7-5-15/h4-7,12,29H,8-11H2,1-3H3,(H,23,24). The van der Waals surface area contributed by atoms with Crippen LogP contribution in [0, 0.1) is 13.8 Å². The number of carbonyl (C=O) groups excluding carboxylic acids is 1. The van der Waals surface area contributed by atoms with Gasteiger partial charge in [0.25, 0.3) is 5.91 Å². The van der Waals surface area contributed by atoms with Gasteiger partial charge in [-0.25, -0.2) is 0 Å². The highest BCUT2D eigenvalue weighted by molar-refractivity contribution is 6.30. The number of aromatic amines is 1. The van der Waals surface area contributed by atoms with Crippen LogP contribution >= 0.6 is 11.6 Å². The van der Waals surface area contributed by atoms with Crippen molar-refractivity contribution in [1.82, 2.24) is 24.9 Å². The number of benzene rings is 1. The van der Waals surface area contributed by atoms with Crippen LogP contribution in [0.2, 0.25) is 5.02 Å². The van der Waals surface area contributed by atoms with E-state index in [2.05, 4.69) is 15.3 Å². The Morgan fingerprint density at radius 1 is 1.21 bits per heavy atom. The number of hydrogen-bond donors (Lipinski definition) is 2. The van der Waals surface area contributed by atoms with Gasteiger partial charge in [-0.1, -0.05) is 23.7 Å². The summed E-state index contributed by atoms with van der Waals surface area (Å²) >= 11 is 5.95. The maximum Gasteiger partial charge on any atom is 0.271 e. The Morgan fingerprint density at radius 3 is 2.45 bits per heavy atom. The van der Waals surface area contributed by atoms with E-state index in [1.807, 2.05) is 37.7 Å². The smallest absolute Gasteiger partial charge is 0.271 e. The lowest BCUT2D eigenvalue weighted by atomic mass is 9.84. The van der Waals surface area contributed by atoms with E-state index in [9.17, 15) is 9.90 Å². The topological polar surface area (TPSA) is 87.0 Å². The molecule has 1 aromatic carbocycles. The number of aryl methyl sites for hydroxylation is 2. The molecule has 1 amide bonds. The Morgan fingerprint density at radius 2 is 1.86 bits per heavy atom. The van der Waals surface area contributed by atoms with E-state index in [0.29, 0.717) is 42.3 Å². The van der Waals surface area contributed by atoms with Crippen molar-refractivity contribution in [2.45, 2.75) is 32.3 Å². The van der Waals surface area contributed by atoms with E-state index in [4.69, 9.17) is 11.6 Å². The van der Waals surface area contributed by atoms with Gasteiger partial charge in [0, 0.05) is 36.4 Å². The molecule has 0 radical (unpaired) electrons. The zero-order chi connectivity index (χ0) is 20.8. The van der Waals surface area contributed by atoms with Gasteiger partial charge < -0.3 is 10.0 Å². The number of carbonyl (C=O) groups is 1. The Bertz CT molecular complexity index is 1050. The van der Waals surface area contributed by atoms with Gasteiger partial charge in [0.15, 0.2) is 0 Å². The second-order valence-corrected chi connectivity index (χ2v) is 8.10. The van der Waals surface area contributed by atoms with Crippen LogP contribution in [0.1, 0.15) is 40.3 Å². The molecule has 3 heterocycles. The highest BCUT2D eigenvalue weighted by Gasteiger charge is 2.36. The molecule has 1 aliphatic heterocycles. The number of rotatable bonds is 3. The van der Waals surface area contributed by atoms with Crippen molar-refractivity contribution in [1.29, 1.82) is 0 Å². The lowest BCUT2D eigenvalue weighted by Gasteiger charge is -2.38. The molecule has 29 heavy (non-hydrogen) atoms. The molecule has 0 aliphatic carbocycles. The summed E-state index contributed by atoms with van der Waals surface area (Å²) in [4.78, 5) is 14.7. The molecule has 0 atom stereocenters. The molecule has 152 valence electrons. The average Bonchev–Trinajstić information content (AvgIpc) is 3.27. The predicted octanol–water partition coefficient (Wildman–Crippen LogP) is 3.20. The molecule has 2 aromatic heterocycles. The largest absolute Gasteiger partial charge is 0.385 e. The molecule has 0 bridgehead atoms. The van der Waals surface area contributed by atoms with Crippen LogP contribution in [-0.4, -0.2) is 49.0 Å². The monoisotopic (exact) mass is 413 g/mol. The SMILES string of the molecule is Cc1nn(C)c(C)c1-c1cc(C(=O)N2CCC(O)(c3ccc(Cl)cc3)CC2)[nH]n1. The fourth-order valence-electron chi connectivity index (χ4n) is 4.00. The van der Waals surface area contributed by atoms with Gasteiger partial charge in [-0.3, -0.25) is 14.6 Å². The van der Waals surface area contributed by atoms with Crippen molar-refractivity contribution in [3.8, 4) is 11.3 Å². The zero-order valence-corrected chi connectivity index (χ0v) is 17.5. The molecule has 0 saturated carbocycles. The number of hydrogen-bond acceptors (Lipinski definition) is 4. The van der Waals surface area contributed by atoms with E-state index >= 15 is 0 Å². The summed E-state index contributed by atoms with van der Waals surface area (Å²) in [5.41, 5.74) is 3.87. The van der Waals surface area contributed by atoms with Crippen LogP contribution in [-0.2, 0) is 12.6 Å². The molecular weight excluding hydrogens is 390 g/mol. The third-order valence-electron chi connectivity index (χ3n) is 5.83. The number of likely N-dealkylation sites (tertiary alicyclic amines) is 1. The van der Waals surface area contributed by atoms with Crippen LogP contribution in [0.5, 0.6) is 0 Å². The number of halogens is 1. The number of piperidine rings is 1. The third-order valence-corrected chi connectivity index (χ3v) is 6.08. The van der Waals surface area contributed by atoms with E-state index in [1.165, 1.54) is 0 Å². The number of aromatic nitrogens is 4. The number of aliphatic hydroxyl groups is 1. The first kappa shape index (κ1) is 19.7. The third kappa shape index (κ3) is 3.56. The quantitative estimate of drug-likeness (QED) is 0.690. The van der Waals surface area contributed by atoms with Crippen molar-refractivity contribution in [2.75, 3.05) is 13.1 Å². The van der Waals surface area contributed by atoms with Crippen LogP contribution in [0.25, 0.3) is 11.3 Å². The van der Waals surface area contributed by atoms with Gasteiger partial charge in [0.05, 0.1) is 17.0 Å². The molecule has 4 rings (SSSR count). The molecule has 2 N–H and O–H groups in total. The summed E-state index contributed by atoms with van der Waals surface area (Å²) in [5, 5.41) is 23.3. The minimum absolute atomic E-state index is 0.110. The Hall–Kier alpha value is -2.64. The van der Waals surface area contributed by atoms with Gasteiger partial charge in [-0.2, -0.15) is 10.2 Å². The minimum atomic E-state index is -0.940. The van der Waals surface area contributed by atoms with Gasteiger partial charge in [-0.05, 0) is 50.5 Å². The molecule has 8 heteroatoms. The normalized spacial score (nSPS) is 16.2. The number of nitrogens with zero attached hydrogens (tertiary/aromatic N) is 4. The first-order valence-electron chi connectivity index (χ1n) is 9.62. The van der Waals surface area contributed by atoms with Crippen molar-refractivity contribution in [3.05, 3.63) is 58.0 Å². The van der Waals surface area contributed by atoms with E-state index in [0.717, 1.165) is 22.5 Å². The van der Waals surface area contributed by atoms with Gasteiger partial charge >= 0.3 is 0 Å². The van der Waals surface area contributed by atoms with Crippen LogP contribution < -0.4 is 0 Å². The molecule has 1 aliphatic rings. The fourth-order valence-corrected chi connectivity index (χ4v) is 4.13. The molecule has 3 aromatic rings. The molecule has 1 saturated heterocycles. The minimum Gasteiger partial charge on any atom is -0.385 e. The second-order valence-electron chi connectivity index (χ2n) is 7.67. The number of H-pyrrole nitrogens is 1. The molecule has 0 unspecified atom stereocenters. The molecule has 0 spiro atoms. The van der Waals surface area contributed by atoms with Crippen molar-refractivity contribution < 1.29 is 9.90 Å². The average molecular weight is 414 g/mol. The Balaban J connectivity index is 1.48. The summed E-state index contributed by atoms with van der Waals surface area (Å²) in [7, 11) is 1.89. The summed E-state index contributed by atoms with van der Waals surface area (Å²) in [5.74, 6) is -0.110. The van der Waals surface area contributed by atoms with E-state index < -0.39 is 5.60 Å². The summed E-state index contributed by atoms with van der Waals surface area (Å²) in [6.07, 6.45) is 0.949. The lowest BCUT2D eigenvalue weighted by Crippen LogP contribution is -2.45. The number of amides is 1.